The molecule has 0 N–H and O–H groups in total. The Morgan fingerprint density at radius 2 is 1.95 bits per heavy atom. The summed E-state index contributed by atoms with van der Waals surface area (Å²) in [5, 5.41) is 0. The van der Waals surface area contributed by atoms with Gasteiger partial charge in [0.05, 0.1) is 13.2 Å². The molecule has 1 aromatic rings. The lowest BCUT2D eigenvalue weighted by atomic mass is 9.94. The number of ether oxygens (including phenoxy) is 2. The summed E-state index contributed by atoms with van der Waals surface area (Å²) in [5.74, 6) is 1.25. The fourth-order valence-corrected chi connectivity index (χ4v) is 2.37. The maximum absolute atomic E-state index is 6.07. The number of hydrogen-bond donors (Lipinski definition) is 0. The third kappa shape index (κ3) is 6.95. The highest BCUT2D eigenvalue weighted by Gasteiger charge is 2.09. The van der Waals surface area contributed by atoms with Crippen molar-refractivity contribution >= 4 is 11.6 Å². The summed E-state index contributed by atoms with van der Waals surface area (Å²) in [4.78, 5) is 0. The molecule has 0 aliphatic carbocycles. The lowest BCUT2D eigenvalue weighted by Gasteiger charge is -2.15. The molecule has 0 fully saturated rings. The van der Waals surface area contributed by atoms with Crippen LogP contribution in [0.25, 0.3) is 0 Å². The lowest BCUT2D eigenvalue weighted by Crippen LogP contribution is -2.10. The van der Waals surface area contributed by atoms with Crippen LogP contribution in [-0.4, -0.2) is 32.8 Å². The average Bonchev–Trinajstić information content (AvgIpc) is 2.43. The maximum atomic E-state index is 6.07. The fourth-order valence-electron chi connectivity index (χ4n) is 2.10. The van der Waals surface area contributed by atoms with Crippen LogP contribution in [0.15, 0.2) is 24.3 Å². The number of hydrogen-bond acceptors (Lipinski definition) is 2. The van der Waals surface area contributed by atoms with Gasteiger partial charge < -0.3 is 9.47 Å². The van der Waals surface area contributed by atoms with E-state index in [4.69, 9.17) is 21.1 Å². The highest BCUT2D eigenvalue weighted by Crippen LogP contribution is 2.18. The molecule has 1 unspecified atom stereocenters. The van der Waals surface area contributed by atoms with Crippen molar-refractivity contribution in [1.29, 1.82) is 0 Å². The quantitative estimate of drug-likeness (QED) is 0.480. The number of benzene rings is 1. The molecule has 0 amide bonds. The Labute approximate surface area is 122 Å². The Hall–Kier alpha value is -0.570. The molecule has 3 heteroatoms. The third-order valence-corrected chi connectivity index (χ3v) is 3.76. The zero-order valence-electron chi connectivity index (χ0n) is 12.0. The van der Waals surface area contributed by atoms with Crippen LogP contribution in [0.4, 0.5) is 0 Å². The van der Waals surface area contributed by atoms with Gasteiger partial charge in [0.15, 0.2) is 0 Å². The van der Waals surface area contributed by atoms with Crippen molar-refractivity contribution in [2.24, 2.45) is 5.92 Å². The summed E-state index contributed by atoms with van der Waals surface area (Å²) in [6.07, 6.45) is 3.24. The maximum Gasteiger partial charge on any atom is 0.0700 e. The number of halogens is 1. The standard InChI is InChI=1S/C16H25ClO2/c1-14-6-3-4-8-16(14)12-15(13-17)7-5-9-19-11-10-18-2/h3-4,6,8,15H,5,7,9-13H2,1-2H3. The molecule has 0 spiro atoms. The van der Waals surface area contributed by atoms with Crippen LogP contribution in [0.2, 0.25) is 0 Å². The first kappa shape index (κ1) is 16.5. The largest absolute Gasteiger partial charge is 0.382 e. The smallest absolute Gasteiger partial charge is 0.0700 e. The van der Waals surface area contributed by atoms with Gasteiger partial charge in [-0.2, -0.15) is 0 Å². The molecule has 1 aromatic carbocycles. The van der Waals surface area contributed by atoms with E-state index in [1.165, 1.54) is 11.1 Å². The molecule has 0 heterocycles. The Kier molecular flexibility index (Phi) is 8.89. The number of alkyl halides is 1. The molecular weight excluding hydrogens is 260 g/mol. The van der Waals surface area contributed by atoms with Crippen LogP contribution < -0.4 is 0 Å². The van der Waals surface area contributed by atoms with E-state index >= 15 is 0 Å². The molecule has 0 radical (unpaired) electrons. The second-order valence-corrected chi connectivity index (χ2v) is 5.21. The van der Waals surface area contributed by atoms with Crippen molar-refractivity contribution in [2.75, 3.05) is 32.8 Å². The zero-order valence-corrected chi connectivity index (χ0v) is 12.8. The Morgan fingerprint density at radius 1 is 1.16 bits per heavy atom. The van der Waals surface area contributed by atoms with Crippen molar-refractivity contribution in [3.8, 4) is 0 Å². The molecule has 0 aliphatic rings. The van der Waals surface area contributed by atoms with E-state index in [0.29, 0.717) is 25.0 Å². The molecular formula is C16H25ClO2. The molecule has 0 saturated heterocycles. The highest BCUT2D eigenvalue weighted by molar-refractivity contribution is 6.18. The second-order valence-electron chi connectivity index (χ2n) is 4.90. The van der Waals surface area contributed by atoms with Crippen LogP contribution >= 0.6 is 11.6 Å². The van der Waals surface area contributed by atoms with Gasteiger partial charge in [-0.15, -0.1) is 11.6 Å². The van der Waals surface area contributed by atoms with Crippen molar-refractivity contribution in [3.63, 3.8) is 0 Å². The molecule has 1 atom stereocenters. The SMILES string of the molecule is COCCOCCCC(CCl)Cc1ccccc1C. The topological polar surface area (TPSA) is 18.5 Å². The summed E-state index contributed by atoms with van der Waals surface area (Å²) in [6.45, 7) is 4.31. The van der Waals surface area contributed by atoms with E-state index < -0.39 is 0 Å². The van der Waals surface area contributed by atoms with Crippen molar-refractivity contribution in [3.05, 3.63) is 35.4 Å². The Morgan fingerprint density at radius 3 is 2.63 bits per heavy atom. The first-order valence-electron chi connectivity index (χ1n) is 6.95. The molecule has 1 rings (SSSR count). The number of aryl methyl sites for hydroxylation is 1. The minimum absolute atomic E-state index is 0.536. The van der Waals surface area contributed by atoms with Crippen LogP contribution in [0, 0.1) is 12.8 Å². The van der Waals surface area contributed by atoms with Gasteiger partial charge >= 0.3 is 0 Å². The predicted octanol–water partition coefficient (Wildman–Crippen LogP) is 3.84. The van der Waals surface area contributed by atoms with Gasteiger partial charge in [-0.25, -0.2) is 0 Å². The number of rotatable bonds is 10. The minimum Gasteiger partial charge on any atom is -0.382 e. The third-order valence-electron chi connectivity index (χ3n) is 3.32. The van der Waals surface area contributed by atoms with Crippen LogP contribution in [0.1, 0.15) is 24.0 Å². The predicted molar refractivity (Wildman–Crippen MR) is 81.0 cm³/mol. The first-order chi connectivity index (χ1) is 9.27. The van der Waals surface area contributed by atoms with E-state index in [-0.39, 0.29) is 0 Å². The summed E-state index contributed by atoms with van der Waals surface area (Å²) < 4.78 is 10.4. The van der Waals surface area contributed by atoms with Crippen LogP contribution in [-0.2, 0) is 15.9 Å². The van der Waals surface area contributed by atoms with Gasteiger partial charge in [0, 0.05) is 19.6 Å². The lowest BCUT2D eigenvalue weighted by molar-refractivity contribution is 0.0675. The molecule has 0 bridgehead atoms. The van der Waals surface area contributed by atoms with Gasteiger partial charge in [-0.3, -0.25) is 0 Å². The number of methoxy groups -OCH3 is 1. The zero-order chi connectivity index (χ0) is 13.9. The molecule has 19 heavy (non-hydrogen) atoms. The van der Waals surface area contributed by atoms with Gasteiger partial charge in [0.1, 0.15) is 0 Å². The highest BCUT2D eigenvalue weighted by atomic mass is 35.5. The molecule has 0 aliphatic heterocycles. The van der Waals surface area contributed by atoms with Gasteiger partial charge in [-0.1, -0.05) is 24.3 Å². The van der Waals surface area contributed by atoms with Crippen LogP contribution in [0.3, 0.4) is 0 Å². The minimum atomic E-state index is 0.536. The van der Waals surface area contributed by atoms with Gasteiger partial charge in [-0.05, 0) is 43.2 Å². The summed E-state index contributed by atoms with van der Waals surface area (Å²) in [7, 11) is 1.69. The molecule has 2 nitrogen and oxygen atoms in total. The van der Waals surface area contributed by atoms with Gasteiger partial charge in [0.2, 0.25) is 0 Å². The summed E-state index contributed by atoms with van der Waals surface area (Å²) >= 11 is 6.07. The van der Waals surface area contributed by atoms with Crippen molar-refractivity contribution < 1.29 is 9.47 Å². The Balaban J connectivity index is 2.24. The van der Waals surface area contributed by atoms with E-state index in [1.807, 2.05) is 0 Å². The summed E-state index contributed by atoms with van der Waals surface area (Å²) in [5.41, 5.74) is 2.77. The average molecular weight is 285 g/mol. The van der Waals surface area contributed by atoms with Gasteiger partial charge in [0.25, 0.3) is 0 Å². The molecule has 0 saturated carbocycles. The first-order valence-corrected chi connectivity index (χ1v) is 7.48. The molecule has 108 valence electrons. The summed E-state index contributed by atoms with van der Waals surface area (Å²) in [6, 6.07) is 8.54. The van der Waals surface area contributed by atoms with E-state index in [2.05, 4.69) is 31.2 Å². The molecule has 0 aromatic heterocycles. The normalized spacial score (nSPS) is 12.6. The fraction of sp³-hybridized carbons (Fsp3) is 0.625. The van der Waals surface area contributed by atoms with E-state index in [9.17, 15) is 0 Å². The van der Waals surface area contributed by atoms with E-state index in [0.717, 1.165) is 25.9 Å². The monoisotopic (exact) mass is 284 g/mol. The Bertz CT molecular complexity index is 341. The van der Waals surface area contributed by atoms with Crippen LogP contribution in [0.5, 0.6) is 0 Å². The van der Waals surface area contributed by atoms with Crippen molar-refractivity contribution in [1.82, 2.24) is 0 Å². The second kappa shape index (κ2) is 10.2. The van der Waals surface area contributed by atoms with Crippen molar-refractivity contribution in [2.45, 2.75) is 26.2 Å². The van der Waals surface area contributed by atoms with E-state index in [1.54, 1.807) is 7.11 Å².